The predicted octanol–water partition coefficient (Wildman–Crippen LogP) is 3.82. The molecule has 2 aromatic heterocycles. The van der Waals surface area contributed by atoms with E-state index in [-0.39, 0.29) is 23.5 Å². The fraction of sp³-hybridized carbons (Fsp3) is 0.348. The second-order valence-electron chi connectivity index (χ2n) is 7.61. The van der Waals surface area contributed by atoms with Crippen LogP contribution in [0.3, 0.4) is 0 Å². The monoisotopic (exact) mass is 463 g/mol. The van der Waals surface area contributed by atoms with Crippen LogP contribution in [-0.4, -0.2) is 38.8 Å². The van der Waals surface area contributed by atoms with Crippen LogP contribution >= 0.6 is 11.3 Å². The van der Waals surface area contributed by atoms with Gasteiger partial charge in [-0.1, -0.05) is 0 Å². The average molecular weight is 464 g/mol. The fourth-order valence-corrected chi connectivity index (χ4v) is 5.12. The van der Waals surface area contributed by atoms with Crippen molar-refractivity contribution in [2.24, 2.45) is 0 Å². The third kappa shape index (κ3) is 4.85. The van der Waals surface area contributed by atoms with Crippen LogP contribution in [-0.2, 0) is 4.74 Å². The second-order valence-corrected chi connectivity index (χ2v) is 8.83. The van der Waals surface area contributed by atoms with E-state index >= 15 is 0 Å². The van der Waals surface area contributed by atoms with Crippen LogP contribution in [0.25, 0.3) is 0 Å². The first-order valence-corrected chi connectivity index (χ1v) is 11.2. The minimum Gasteiger partial charge on any atom is -0.459 e. The molecular weight excluding hydrogens is 438 g/mol. The van der Waals surface area contributed by atoms with Crippen LogP contribution < -0.4 is 15.0 Å². The van der Waals surface area contributed by atoms with Gasteiger partial charge in [0.25, 0.3) is 5.91 Å². The predicted molar refractivity (Wildman–Crippen MR) is 117 cm³/mol. The molecule has 9 heteroatoms. The summed E-state index contributed by atoms with van der Waals surface area (Å²) in [4.78, 5) is 15.1. The van der Waals surface area contributed by atoms with Crippen molar-refractivity contribution in [3.8, 4) is 5.75 Å². The molecule has 1 fully saturated rings. The largest absolute Gasteiger partial charge is 0.459 e. The normalized spacial score (nSPS) is 15.7. The van der Waals surface area contributed by atoms with Crippen molar-refractivity contribution in [2.45, 2.75) is 26.5 Å². The fourth-order valence-electron chi connectivity index (χ4n) is 4.03. The third-order valence-corrected chi connectivity index (χ3v) is 6.81. The molecule has 3 aromatic rings. The van der Waals surface area contributed by atoms with Gasteiger partial charge in [0.1, 0.15) is 29.9 Å². The van der Waals surface area contributed by atoms with Crippen LogP contribution in [0.15, 0.2) is 47.1 Å². The molecule has 1 saturated heterocycles. The number of carbonyl (C=O) groups is 1. The summed E-state index contributed by atoms with van der Waals surface area (Å²) in [5.41, 5.74) is 3.08. The highest BCUT2D eigenvalue weighted by Gasteiger charge is 2.34. The van der Waals surface area contributed by atoms with Crippen LogP contribution in [0, 0.1) is 13.8 Å². The molecule has 32 heavy (non-hydrogen) atoms. The Balaban J connectivity index is 1.73. The minimum absolute atomic E-state index is 0.101. The molecule has 1 aromatic carbocycles. The molecule has 1 unspecified atom stereocenters. The highest BCUT2D eigenvalue weighted by atomic mass is 32.1. The van der Waals surface area contributed by atoms with E-state index < -0.39 is 6.61 Å². The number of hydrogen-bond acceptors (Lipinski definition) is 5. The van der Waals surface area contributed by atoms with Gasteiger partial charge in [-0.05, 0) is 55.8 Å². The van der Waals surface area contributed by atoms with Crippen molar-refractivity contribution in [3.05, 3.63) is 70.0 Å². The lowest BCUT2D eigenvalue weighted by molar-refractivity contribution is -0.933. The van der Waals surface area contributed by atoms with E-state index in [1.54, 1.807) is 24.3 Å². The quantitative estimate of drug-likeness (QED) is 0.559. The molecule has 0 aliphatic carbocycles. The summed E-state index contributed by atoms with van der Waals surface area (Å²) >= 11 is 1.52. The van der Waals surface area contributed by atoms with Crippen molar-refractivity contribution in [1.82, 2.24) is 0 Å². The number of nitrogens with one attached hydrogen (secondary N) is 2. The SMILES string of the molecule is Cc1sc(NC(=O)c2ccco2)c(C(c2ccc(OC(F)F)cc2)[NH+]2CCOCC2)c1C. The number of anilines is 1. The van der Waals surface area contributed by atoms with Crippen LogP contribution in [0.5, 0.6) is 5.75 Å². The Kier molecular flexibility index (Phi) is 6.88. The van der Waals surface area contributed by atoms with E-state index in [2.05, 4.69) is 10.1 Å². The molecule has 0 saturated carbocycles. The number of amides is 1. The third-order valence-electron chi connectivity index (χ3n) is 5.67. The van der Waals surface area contributed by atoms with Gasteiger partial charge in [0.15, 0.2) is 5.76 Å². The van der Waals surface area contributed by atoms with Crippen LogP contribution in [0.4, 0.5) is 13.8 Å². The summed E-state index contributed by atoms with van der Waals surface area (Å²) in [6.45, 7) is 4.05. The van der Waals surface area contributed by atoms with Gasteiger partial charge in [-0.3, -0.25) is 4.79 Å². The lowest BCUT2D eigenvalue weighted by Crippen LogP contribution is -3.14. The van der Waals surface area contributed by atoms with Gasteiger partial charge < -0.3 is 24.1 Å². The maximum absolute atomic E-state index is 12.7. The first-order valence-electron chi connectivity index (χ1n) is 10.4. The summed E-state index contributed by atoms with van der Waals surface area (Å²) in [6.07, 6.45) is 1.46. The number of aryl methyl sites for hydroxylation is 1. The Labute approximate surface area is 188 Å². The number of rotatable bonds is 7. The number of thiophene rings is 1. The van der Waals surface area contributed by atoms with E-state index in [1.165, 1.54) is 22.5 Å². The summed E-state index contributed by atoms with van der Waals surface area (Å²) < 4.78 is 40.5. The number of benzene rings is 1. The Bertz CT molecular complexity index is 1040. The second kappa shape index (κ2) is 9.81. The zero-order valence-corrected chi connectivity index (χ0v) is 18.6. The van der Waals surface area contributed by atoms with Gasteiger partial charge in [0.2, 0.25) is 0 Å². The number of furan rings is 1. The number of hydrogen-bond donors (Lipinski definition) is 2. The summed E-state index contributed by atoms with van der Waals surface area (Å²) in [6, 6.07) is 9.94. The highest BCUT2D eigenvalue weighted by Crippen LogP contribution is 2.39. The minimum atomic E-state index is -2.87. The molecule has 1 aliphatic heterocycles. The Hall–Kier alpha value is -2.75. The van der Waals surface area contributed by atoms with Gasteiger partial charge in [-0.15, -0.1) is 11.3 Å². The highest BCUT2D eigenvalue weighted by molar-refractivity contribution is 7.16. The van der Waals surface area contributed by atoms with Gasteiger partial charge in [0, 0.05) is 10.4 Å². The number of quaternary nitrogens is 1. The number of ether oxygens (including phenoxy) is 2. The summed E-state index contributed by atoms with van der Waals surface area (Å²) in [7, 11) is 0. The maximum Gasteiger partial charge on any atom is 0.387 e. The van der Waals surface area contributed by atoms with Crippen molar-refractivity contribution >= 4 is 22.2 Å². The van der Waals surface area contributed by atoms with Crippen molar-refractivity contribution < 1.29 is 32.4 Å². The van der Waals surface area contributed by atoms with E-state index in [1.807, 2.05) is 26.0 Å². The van der Waals surface area contributed by atoms with E-state index in [0.717, 1.165) is 39.7 Å². The molecule has 0 bridgehead atoms. The molecule has 4 rings (SSSR count). The number of morpholine rings is 1. The maximum atomic E-state index is 12.7. The lowest BCUT2D eigenvalue weighted by Gasteiger charge is -2.32. The molecule has 1 amide bonds. The Morgan fingerprint density at radius 2 is 1.88 bits per heavy atom. The molecule has 0 spiro atoms. The Morgan fingerprint density at radius 1 is 1.16 bits per heavy atom. The number of halogens is 2. The van der Waals surface area contributed by atoms with Crippen molar-refractivity contribution in [1.29, 1.82) is 0 Å². The van der Waals surface area contributed by atoms with Gasteiger partial charge in [-0.25, -0.2) is 0 Å². The first-order chi connectivity index (χ1) is 15.4. The van der Waals surface area contributed by atoms with Gasteiger partial charge >= 0.3 is 6.61 Å². The zero-order valence-electron chi connectivity index (χ0n) is 17.8. The molecule has 2 N–H and O–H groups in total. The molecular formula is C23H25F2N2O4S+. The van der Waals surface area contributed by atoms with Crippen molar-refractivity contribution in [2.75, 3.05) is 31.6 Å². The summed E-state index contributed by atoms with van der Waals surface area (Å²) in [5.74, 6) is 0.0429. The van der Waals surface area contributed by atoms with Gasteiger partial charge in [-0.2, -0.15) is 8.78 Å². The first kappa shape index (κ1) is 22.4. The smallest absolute Gasteiger partial charge is 0.387 e. The van der Waals surface area contributed by atoms with Crippen LogP contribution in [0.1, 0.15) is 38.2 Å². The molecule has 3 heterocycles. The average Bonchev–Trinajstić information content (AvgIpc) is 3.40. The van der Waals surface area contributed by atoms with Gasteiger partial charge in [0.05, 0.1) is 25.0 Å². The zero-order chi connectivity index (χ0) is 22.7. The lowest BCUT2D eigenvalue weighted by atomic mass is 9.94. The topological polar surface area (TPSA) is 65.1 Å². The van der Waals surface area contributed by atoms with E-state index in [0.29, 0.717) is 13.2 Å². The molecule has 1 aliphatic rings. The molecule has 170 valence electrons. The van der Waals surface area contributed by atoms with Crippen LogP contribution in [0.2, 0.25) is 0 Å². The molecule has 1 atom stereocenters. The number of alkyl halides is 2. The van der Waals surface area contributed by atoms with Crippen molar-refractivity contribution in [3.63, 3.8) is 0 Å². The number of carbonyl (C=O) groups excluding carboxylic acids is 1. The molecule has 0 radical (unpaired) electrons. The molecule has 6 nitrogen and oxygen atoms in total. The standard InChI is InChI=1S/C23H24F2N2O4S/c1-14-15(2)32-22(26-21(28)18-4-3-11-30-18)19(14)20(27-9-12-29-13-10-27)16-5-7-17(8-6-16)31-23(24)25/h3-8,11,20,23H,9-10,12-13H2,1-2H3,(H,26,28)/p+1. The summed E-state index contributed by atoms with van der Waals surface area (Å²) in [5, 5.41) is 3.78. The van der Waals surface area contributed by atoms with E-state index in [4.69, 9.17) is 9.15 Å². The van der Waals surface area contributed by atoms with E-state index in [9.17, 15) is 13.6 Å². The Morgan fingerprint density at radius 3 is 2.50 bits per heavy atom.